The van der Waals surface area contributed by atoms with E-state index in [-0.39, 0.29) is 18.6 Å². The highest BCUT2D eigenvalue weighted by atomic mass is 79.9. The van der Waals surface area contributed by atoms with Crippen molar-refractivity contribution >= 4 is 32.9 Å². The number of rotatable bonds is 5. The number of hydrogen-bond donors (Lipinski definition) is 0. The van der Waals surface area contributed by atoms with Crippen molar-refractivity contribution in [2.75, 3.05) is 0 Å². The van der Waals surface area contributed by atoms with Crippen LogP contribution in [0.3, 0.4) is 0 Å². The molecule has 0 saturated heterocycles. The molecule has 1 heterocycles. The summed E-state index contributed by atoms with van der Waals surface area (Å²) in [6, 6.07) is 16.5. The number of hydrogen-bond acceptors (Lipinski definition) is 2. The Morgan fingerprint density at radius 2 is 1.87 bits per heavy atom. The van der Waals surface area contributed by atoms with Crippen molar-refractivity contribution in [3.63, 3.8) is 0 Å². The zero-order valence-corrected chi connectivity index (χ0v) is 20.4. The van der Waals surface area contributed by atoms with E-state index < -0.39 is 0 Å². The first-order chi connectivity index (χ1) is 14.8. The first-order valence-corrected chi connectivity index (χ1v) is 12.1. The fourth-order valence-electron chi connectivity index (χ4n) is 5.08. The minimum atomic E-state index is -0.149. The van der Waals surface area contributed by atoms with Crippen molar-refractivity contribution in [1.82, 2.24) is 4.57 Å². The van der Waals surface area contributed by atoms with Crippen LogP contribution in [0.2, 0.25) is 0 Å². The maximum atomic E-state index is 13.2. The van der Waals surface area contributed by atoms with Gasteiger partial charge in [0.2, 0.25) is 0 Å². The van der Waals surface area contributed by atoms with E-state index in [2.05, 4.69) is 77.1 Å². The van der Waals surface area contributed by atoms with Gasteiger partial charge in [0.25, 0.3) is 5.82 Å². The summed E-state index contributed by atoms with van der Waals surface area (Å²) < 4.78 is 11.4. The highest BCUT2D eigenvalue weighted by Crippen LogP contribution is 2.35. The number of halogens is 1. The highest BCUT2D eigenvalue weighted by Gasteiger charge is 2.34. The average Bonchev–Trinajstić information content (AvgIpc) is 3.00. The zero-order chi connectivity index (χ0) is 22.1. The van der Waals surface area contributed by atoms with Crippen molar-refractivity contribution in [1.29, 1.82) is 0 Å². The third-order valence-electron chi connectivity index (χ3n) is 6.74. The Morgan fingerprint density at radius 3 is 2.58 bits per heavy atom. The number of esters is 1. The molecule has 31 heavy (non-hydrogen) atoms. The number of aromatic nitrogens is 2. The molecule has 0 unspecified atom stereocenters. The first-order valence-electron chi connectivity index (χ1n) is 11.3. The number of ether oxygens (including phenoxy) is 1. The van der Waals surface area contributed by atoms with Crippen molar-refractivity contribution < 1.29 is 14.1 Å². The molecule has 3 atom stereocenters. The Hall–Kier alpha value is -2.14. The lowest BCUT2D eigenvalue weighted by molar-refractivity contribution is -0.634. The van der Waals surface area contributed by atoms with Gasteiger partial charge in [-0.1, -0.05) is 55.3 Å². The normalized spacial score (nSPS) is 21.5. The molecule has 0 amide bonds. The lowest BCUT2D eigenvalue weighted by atomic mass is 9.75. The standard InChI is InChI=1S/C26H32BrN2O2/c1-17(2)21-14-9-18(3)15-24(21)31-25(30)16-29-23-8-6-5-7-22(23)28(4)26(29)19-10-12-20(27)13-11-19/h5-8,10-13,17-18,21,24H,9,14-16H2,1-4H3/q+1/t18-,21-,24+/m0/s1. The van der Waals surface area contributed by atoms with Gasteiger partial charge < -0.3 is 4.74 Å². The summed E-state index contributed by atoms with van der Waals surface area (Å²) in [4.78, 5) is 13.2. The SMILES string of the molecule is CC(C)[C@@H]1CC[C@H](C)C[C@H]1OC(=O)Cn1c(-c2ccc(Br)cc2)[n+](C)c2ccccc21. The fourth-order valence-corrected chi connectivity index (χ4v) is 5.34. The van der Waals surface area contributed by atoms with Gasteiger partial charge in [0.15, 0.2) is 17.6 Å². The second-order valence-corrected chi connectivity index (χ2v) is 10.2. The Morgan fingerprint density at radius 1 is 1.16 bits per heavy atom. The largest absolute Gasteiger partial charge is 0.459 e. The van der Waals surface area contributed by atoms with E-state index in [4.69, 9.17) is 4.74 Å². The molecule has 1 aromatic heterocycles. The van der Waals surface area contributed by atoms with Gasteiger partial charge in [-0.2, -0.15) is 0 Å². The predicted molar refractivity (Wildman–Crippen MR) is 127 cm³/mol. The van der Waals surface area contributed by atoms with Crippen LogP contribution in [-0.2, 0) is 23.1 Å². The predicted octanol–water partition coefficient (Wildman–Crippen LogP) is 5.90. The van der Waals surface area contributed by atoms with Gasteiger partial charge >= 0.3 is 5.97 Å². The van der Waals surface area contributed by atoms with Gasteiger partial charge in [-0.05, 0) is 67.0 Å². The summed E-state index contributed by atoms with van der Waals surface area (Å²) in [5.41, 5.74) is 3.21. The van der Waals surface area contributed by atoms with Crippen LogP contribution in [0.5, 0.6) is 0 Å². The van der Waals surface area contributed by atoms with E-state index >= 15 is 0 Å². The van der Waals surface area contributed by atoms with Gasteiger partial charge in [0.05, 0.1) is 12.6 Å². The van der Waals surface area contributed by atoms with Crippen LogP contribution < -0.4 is 4.57 Å². The molecule has 1 aliphatic carbocycles. The van der Waals surface area contributed by atoms with Crippen LogP contribution in [0, 0.1) is 17.8 Å². The van der Waals surface area contributed by atoms with Crippen LogP contribution in [0.15, 0.2) is 53.0 Å². The van der Waals surface area contributed by atoms with Crippen LogP contribution >= 0.6 is 15.9 Å². The van der Waals surface area contributed by atoms with E-state index in [0.29, 0.717) is 17.8 Å². The fraction of sp³-hybridized carbons (Fsp3) is 0.462. The van der Waals surface area contributed by atoms with Gasteiger partial charge in [0.1, 0.15) is 6.10 Å². The van der Waals surface area contributed by atoms with Crippen molar-refractivity contribution in [3.8, 4) is 11.4 Å². The molecule has 1 fully saturated rings. The van der Waals surface area contributed by atoms with Crippen molar-refractivity contribution in [3.05, 3.63) is 53.0 Å². The summed E-state index contributed by atoms with van der Waals surface area (Å²) >= 11 is 3.52. The highest BCUT2D eigenvalue weighted by molar-refractivity contribution is 9.10. The summed E-state index contributed by atoms with van der Waals surface area (Å²) in [6.07, 6.45) is 3.35. The molecule has 0 radical (unpaired) electrons. The molecule has 3 aromatic rings. The second kappa shape index (κ2) is 9.15. The Kier molecular flexibility index (Phi) is 6.52. The monoisotopic (exact) mass is 483 g/mol. The zero-order valence-electron chi connectivity index (χ0n) is 18.8. The topological polar surface area (TPSA) is 35.1 Å². The summed E-state index contributed by atoms with van der Waals surface area (Å²) in [5.74, 6) is 2.43. The third-order valence-corrected chi connectivity index (χ3v) is 7.27. The quantitative estimate of drug-likeness (QED) is 0.334. The van der Waals surface area contributed by atoms with Crippen LogP contribution in [0.1, 0.15) is 40.0 Å². The van der Waals surface area contributed by atoms with Crippen LogP contribution in [0.4, 0.5) is 0 Å². The van der Waals surface area contributed by atoms with E-state index in [9.17, 15) is 4.79 Å². The molecule has 0 N–H and O–H groups in total. The maximum Gasteiger partial charge on any atom is 0.348 e. The maximum absolute atomic E-state index is 13.2. The third kappa shape index (κ3) is 4.57. The number of carbonyl (C=O) groups is 1. The first kappa shape index (κ1) is 22.1. The molecule has 0 bridgehead atoms. The number of para-hydroxylation sites is 2. The van der Waals surface area contributed by atoms with E-state index in [1.165, 1.54) is 6.42 Å². The Bertz CT molecular complexity index is 1070. The minimum Gasteiger partial charge on any atom is -0.459 e. The minimum absolute atomic E-state index is 0.0166. The number of benzene rings is 2. The Balaban J connectivity index is 1.67. The number of imidazole rings is 1. The molecule has 1 aliphatic rings. The molecular weight excluding hydrogens is 452 g/mol. The number of nitrogens with zero attached hydrogens (tertiary/aromatic N) is 2. The second-order valence-electron chi connectivity index (χ2n) is 9.32. The molecule has 164 valence electrons. The molecule has 5 heteroatoms. The molecule has 4 rings (SSSR count). The van der Waals surface area contributed by atoms with E-state index in [1.54, 1.807) is 0 Å². The Labute approximate surface area is 193 Å². The average molecular weight is 484 g/mol. The molecule has 4 nitrogen and oxygen atoms in total. The number of fused-ring (bicyclic) bond motifs is 1. The van der Waals surface area contributed by atoms with Gasteiger partial charge in [0, 0.05) is 4.47 Å². The number of aryl methyl sites for hydroxylation is 1. The lowest BCUT2D eigenvalue weighted by Gasteiger charge is -2.36. The molecule has 0 spiro atoms. The van der Waals surface area contributed by atoms with E-state index in [1.807, 2.05) is 24.3 Å². The summed E-state index contributed by atoms with van der Waals surface area (Å²) in [7, 11) is 2.05. The van der Waals surface area contributed by atoms with Gasteiger partial charge in [-0.25, -0.2) is 13.9 Å². The van der Waals surface area contributed by atoms with Crippen LogP contribution in [-0.4, -0.2) is 16.6 Å². The van der Waals surface area contributed by atoms with E-state index in [0.717, 1.165) is 39.7 Å². The smallest absolute Gasteiger partial charge is 0.348 e. The summed E-state index contributed by atoms with van der Waals surface area (Å²) in [5, 5.41) is 0. The molecular formula is C26H32BrN2O2+. The molecule has 2 aromatic carbocycles. The van der Waals surface area contributed by atoms with Crippen molar-refractivity contribution in [2.24, 2.45) is 24.8 Å². The van der Waals surface area contributed by atoms with Gasteiger partial charge in [-0.3, -0.25) is 0 Å². The molecule has 0 aliphatic heterocycles. The van der Waals surface area contributed by atoms with Crippen molar-refractivity contribution in [2.45, 2.75) is 52.7 Å². The molecule has 1 saturated carbocycles. The number of carbonyl (C=O) groups excluding carboxylic acids is 1. The summed E-state index contributed by atoms with van der Waals surface area (Å²) in [6.45, 7) is 6.96. The lowest BCUT2D eigenvalue weighted by Crippen LogP contribution is -2.37. The van der Waals surface area contributed by atoms with Gasteiger partial charge in [-0.15, -0.1) is 0 Å². The van der Waals surface area contributed by atoms with Crippen LogP contribution in [0.25, 0.3) is 22.4 Å².